The molecule has 0 bridgehead atoms. The first-order chi connectivity index (χ1) is 23.0. The van der Waals surface area contributed by atoms with E-state index in [1.54, 1.807) is 34.6 Å². The van der Waals surface area contributed by atoms with Crippen molar-refractivity contribution in [1.82, 2.24) is 4.90 Å². The standard InChI is InChI=1S/C36H65NO13/c1-13-25-36(9,44)30(40)21(5)28(38)18(2)16-34(7,43)26(50-33-29(39)23(37(10)11)14-19(3)46-33)15-24(20(4)32(42)49-25)48-27-17-35(8,45-12)31(41)22(6)47-27/h18-27,29-31,33,39-41,43-44H,13-17H2,1-12H3/t18-,19-,20-,21+,22?,23?,24+,25-,26-,27?,29?,30-,31?,33+,34-,35?,36-/m1/s1. The molecule has 0 aromatic carbocycles. The molecule has 0 aromatic heterocycles. The molecule has 292 valence electrons. The van der Waals surface area contributed by atoms with Crippen molar-refractivity contribution in [3.8, 4) is 0 Å². The minimum absolute atomic E-state index is 0.101. The molecule has 3 fully saturated rings. The first-order valence-electron chi connectivity index (χ1n) is 18.1. The lowest BCUT2D eigenvalue weighted by atomic mass is 9.76. The average Bonchev–Trinajstić information content (AvgIpc) is 3.04. The number of methoxy groups -OCH3 is 1. The Kier molecular flexibility index (Phi) is 14.5. The van der Waals surface area contributed by atoms with Gasteiger partial charge in [-0.15, -0.1) is 0 Å². The van der Waals surface area contributed by atoms with Crippen molar-refractivity contribution in [2.45, 2.75) is 179 Å². The Morgan fingerprint density at radius 1 is 0.880 bits per heavy atom. The Morgan fingerprint density at radius 3 is 2.06 bits per heavy atom. The van der Waals surface area contributed by atoms with Gasteiger partial charge >= 0.3 is 5.97 Å². The lowest BCUT2D eigenvalue weighted by Gasteiger charge is -2.47. The third-order valence-electron chi connectivity index (χ3n) is 11.5. The second-order valence-corrected chi connectivity index (χ2v) is 16.0. The zero-order valence-corrected chi connectivity index (χ0v) is 32.1. The number of hydrogen-bond acceptors (Lipinski definition) is 14. The topological polar surface area (TPSA) is 194 Å². The van der Waals surface area contributed by atoms with Gasteiger partial charge in [0.15, 0.2) is 12.6 Å². The molecule has 50 heavy (non-hydrogen) atoms. The fourth-order valence-corrected chi connectivity index (χ4v) is 7.82. The molecule has 3 rings (SSSR count). The Hall–Kier alpha value is -1.30. The van der Waals surface area contributed by atoms with E-state index in [-0.39, 0.29) is 37.8 Å². The number of Topliss-reactive ketones (excluding diaryl/α,β-unsaturated/α-hetero) is 1. The van der Waals surface area contributed by atoms with Gasteiger partial charge in [-0.1, -0.05) is 20.8 Å². The van der Waals surface area contributed by atoms with Crippen molar-refractivity contribution in [2.24, 2.45) is 17.8 Å². The maximum atomic E-state index is 13.9. The molecule has 0 radical (unpaired) electrons. The average molecular weight is 720 g/mol. The van der Waals surface area contributed by atoms with Crippen LogP contribution in [0.2, 0.25) is 0 Å². The molecule has 14 heteroatoms. The molecule has 14 nitrogen and oxygen atoms in total. The quantitative estimate of drug-likeness (QED) is 0.238. The maximum Gasteiger partial charge on any atom is 0.311 e. The molecular weight excluding hydrogens is 654 g/mol. The minimum atomic E-state index is -1.99. The van der Waals surface area contributed by atoms with Crippen LogP contribution in [0.25, 0.3) is 0 Å². The fourth-order valence-electron chi connectivity index (χ4n) is 7.82. The summed E-state index contributed by atoms with van der Waals surface area (Å²) in [6.07, 6.45) is -9.67. The van der Waals surface area contributed by atoms with E-state index in [0.717, 1.165) is 0 Å². The summed E-state index contributed by atoms with van der Waals surface area (Å²) in [7, 11) is 5.17. The molecule has 0 amide bonds. The summed E-state index contributed by atoms with van der Waals surface area (Å²) < 4.78 is 36.7. The van der Waals surface area contributed by atoms with Gasteiger partial charge in [0.1, 0.15) is 29.7 Å². The van der Waals surface area contributed by atoms with E-state index < -0.39 is 102 Å². The van der Waals surface area contributed by atoms with Gasteiger partial charge in [0.2, 0.25) is 0 Å². The van der Waals surface area contributed by atoms with Crippen LogP contribution in [-0.4, -0.2) is 148 Å². The first kappa shape index (κ1) is 43.1. The number of aliphatic hydroxyl groups excluding tert-OH is 3. The number of carbonyl (C=O) groups excluding carboxylic acids is 2. The summed E-state index contributed by atoms with van der Waals surface area (Å²) in [5, 5.41) is 57.2. The van der Waals surface area contributed by atoms with Crippen LogP contribution in [0, 0.1) is 17.8 Å². The summed E-state index contributed by atoms with van der Waals surface area (Å²) in [5.74, 6) is -4.08. The van der Waals surface area contributed by atoms with Crippen molar-refractivity contribution in [3.05, 3.63) is 0 Å². The molecule has 6 unspecified atom stereocenters. The number of aliphatic hydroxyl groups is 5. The normalized spacial score (nSPS) is 49.0. The van der Waals surface area contributed by atoms with Crippen molar-refractivity contribution < 1.29 is 63.5 Å². The predicted molar refractivity (Wildman–Crippen MR) is 182 cm³/mol. The monoisotopic (exact) mass is 719 g/mol. The molecule has 3 saturated heterocycles. The Morgan fingerprint density at radius 2 is 1.50 bits per heavy atom. The van der Waals surface area contributed by atoms with Gasteiger partial charge in [0.25, 0.3) is 0 Å². The second kappa shape index (κ2) is 16.8. The highest BCUT2D eigenvalue weighted by Crippen LogP contribution is 2.38. The third-order valence-corrected chi connectivity index (χ3v) is 11.5. The largest absolute Gasteiger partial charge is 0.459 e. The van der Waals surface area contributed by atoms with Crippen LogP contribution >= 0.6 is 0 Å². The second-order valence-electron chi connectivity index (χ2n) is 16.0. The van der Waals surface area contributed by atoms with Gasteiger partial charge in [0, 0.05) is 37.8 Å². The van der Waals surface area contributed by atoms with E-state index in [1.165, 1.54) is 27.9 Å². The summed E-state index contributed by atoms with van der Waals surface area (Å²) >= 11 is 0. The number of carbonyl (C=O) groups is 2. The molecule has 0 spiro atoms. The smallest absolute Gasteiger partial charge is 0.311 e. The zero-order valence-electron chi connectivity index (χ0n) is 32.1. The van der Waals surface area contributed by atoms with E-state index in [9.17, 15) is 35.1 Å². The van der Waals surface area contributed by atoms with Crippen LogP contribution in [-0.2, 0) is 38.0 Å². The third kappa shape index (κ3) is 9.43. The number of esters is 1. The Bertz CT molecular complexity index is 1140. The number of ketones is 1. The summed E-state index contributed by atoms with van der Waals surface area (Å²) in [5.41, 5.74) is -4.79. The van der Waals surface area contributed by atoms with Gasteiger partial charge in [-0.2, -0.15) is 0 Å². The highest BCUT2D eigenvalue weighted by atomic mass is 16.7. The lowest BCUT2D eigenvalue weighted by molar-refractivity contribution is -0.308. The highest BCUT2D eigenvalue weighted by Gasteiger charge is 2.51. The number of hydrogen-bond donors (Lipinski definition) is 5. The molecular formula is C36H65NO13. The van der Waals surface area contributed by atoms with Gasteiger partial charge in [0.05, 0.1) is 47.6 Å². The summed E-state index contributed by atoms with van der Waals surface area (Å²) in [6.45, 7) is 14.5. The predicted octanol–water partition coefficient (Wildman–Crippen LogP) is 1.54. The number of cyclic esters (lactones) is 1. The number of nitrogens with zero attached hydrogens (tertiary/aromatic N) is 1. The first-order valence-corrected chi connectivity index (χ1v) is 18.1. The van der Waals surface area contributed by atoms with Crippen LogP contribution < -0.4 is 0 Å². The molecule has 3 heterocycles. The number of rotatable bonds is 7. The van der Waals surface area contributed by atoms with Crippen LogP contribution in [0.1, 0.15) is 94.4 Å². The number of ether oxygens (including phenoxy) is 6. The Labute approximate surface area is 297 Å². The van der Waals surface area contributed by atoms with Crippen LogP contribution in [0.15, 0.2) is 0 Å². The van der Waals surface area contributed by atoms with Gasteiger partial charge < -0.3 is 58.9 Å². The number of likely N-dealkylation sites (N-methyl/N-ethyl adjacent to an activating group) is 1. The summed E-state index contributed by atoms with van der Waals surface area (Å²) in [4.78, 5) is 29.5. The molecule has 0 aliphatic carbocycles. The van der Waals surface area contributed by atoms with Gasteiger partial charge in [-0.25, -0.2) is 0 Å². The van der Waals surface area contributed by atoms with E-state index in [2.05, 4.69) is 0 Å². The van der Waals surface area contributed by atoms with E-state index >= 15 is 0 Å². The SMILES string of the molecule is CC[C@H]1OC(=O)[C@H](C)[C@@H](OC2CC(C)(OC)C(O)C(C)O2)C[C@@H](O[C@@H]2O[C@H](C)CC(N(C)C)C2O)[C@](C)(O)C[C@@H](C)C(=O)[C@H](C)[C@@H](O)[C@]1(C)O. The van der Waals surface area contributed by atoms with Crippen LogP contribution in [0.3, 0.4) is 0 Å². The summed E-state index contributed by atoms with van der Waals surface area (Å²) in [6, 6.07) is -0.315. The van der Waals surface area contributed by atoms with Gasteiger partial charge in [-0.05, 0) is 74.9 Å². The maximum absolute atomic E-state index is 13.9. The zero-order chi connectivity index (χ0) is 38.1. The molecule has 0 saturated carbocycles. The van der Waals surface area contributed by atoms with E-state index in [4.69, 9.17) is 28.4 Å². The molecule has 5 N–H and O–H groups in total. The van der Waals surface area contributed by atoms with Crippen molar-refractivity contribution in [1.29, 1.82) is 0 Å². The fraction of sp³-hybridized carbons (Fsp3) is 0.944. The molecule has 0 aromatic rings. The van der Waals surface area contributed by atoms with Crippen molar-refractivity contribution >= 4 is 11.8 Å². The van der Waals surface area contributed by atoms with Gasteiger partial charge in [-0.3, -0.25) is 9.59 Å². The lowest BCUT2D eigenvalue weighted by Crippen LogP contribution is -2.59. The Balaban J connectivity index is 2.12. The van der Waals surface area contributed by atoms with Crippen LogP contribution in [0.5, 0.6) is 0 Å². The van der Waals surface area contributed by atoms with E-state index in [1.807, 2.05) is 25.9 Å². The minimum Gasteiger partial charge on any atom is -0.459 e. The van der Waals surface area contributed by atoms with Crippen LogP contribution in [0.4, 0.5) is 0 Å². The molecule has 17 atom stereocenters. The van der Waals surface area contributed by atoms with Crippen molar-refractivity contribution in [3.63, 3.8) is 0 Å². The highest BCUT2D eigenvalue weighted by molar-refractivity contribution is 5.83. The molecule has 3 aliphatic heterocycles. The van der Waals surface area contributed by atoms with E-state index in [0.29, 0.717) is 6.42 Å². The van der Waals surface area contributed by atoms with Crippen molar-refractivity contribution in [2.75, 3.05) is 21.2 Å². The molecule has 3 aliphatic rings.